The van der Waals surface area contributed by atoms with Gasteiger partial charge in [0.05, 0.1) is 11.1 Å². The number of rotatable bonds is 4. The van der Waals surface area contributed by atoms with E-state index in [0.717, 1.165) is 35.8 Å². The highest BCUT2D eigenvalue weighted by Gasteiger charge is 2.05. The maximum Gasteiger partial charge on any atom is 0.100 e. The molecule has 0 atom stereocenters. The van der Waals surface area contributed by atoms with E-state index in [-0.39, 0.29) is 0 Å². The lowest BCUT2D eigenvalue weighted by atomic mass is 9.98. The molecule has 2 nitrogen and oxygen atoms in total. The lowest BCUT2D eigenvalue weighted by molar-refractivity contribution is 1.19. The molecule has 0 N–H and O–H groups in total. The van der Waals surface area contributed by atoms with Crippen molar-refractivity contribution in [2.45, 2.75) is 6.42 Å². The first-order valence-electron chi connectivity index (χ1n) is 9.65. The van der Waals surface area contributed by atoms with Crippen LogP contribution in [0.2, 0.25) is 0 Å². The maximum atomic E-state index is 9.10. The van der Waals surface area contributed by atoms with E-state index in [9.17, 15) is 0 Å². The second kappa shape index (κ2) is 9.64. The molecule has 0 spiro atoms. The van der Waals surface area contributed by atoms with Crippen LogP contribution < -0.4 is 0 Å². The number of halogens is 2. The lowest BCUT2D eigenvalue weighted by Crippen LogP contribution is -1.90. The average molecular weight is 622 g/mol. The van der Waals surface area contributed by atoms with E-state index in [4.69, 9.17) is 10.5 Å². The highest BCUT2D eigenvalue weighted by molar-refractivity contribution is 14.1. The number of benzene rings is 4. The molecule has 0 fully saturated rings. The lowest BCUT2D eigenvalue weighted by Gasteiger charge is -2.08. The van der Waals surface area contributed by atoms with Crippen LogP contribution >= 0.6 is 45.2 Å². The molecule has 0 bridgehead atoms. The van der Waals surface area contributed by atoms with Gasteiger partial charge in [-0.2, -0.15) is 10.5 Å². The van der Waals surface area contributed by atoms with Crippen LogP contribution in [0.4, 0.5) is 0 Å². The first kappa shape index (κ1) is 21.5. The minimum absolute atomic E-state index is 0.708. The monoisotopic (exact) mass is 622 g/mol. The third-order valence-corrected chi connectivity index (χ3v) is 6.95. The van der Waals surface area contributed by atoms with E-state index in [1.54, 1.807) is 0 Å². The molecule has 0 radical (unpaired) electrons. The molecule has 0 amide bonds. The molecule has 4 rings (SSSR count). The zero-order valence-electron chi connectivity index (χ0n) is 16.4. The van der Waals surface area contributed by atoms with Crippen molar-refractivity contribution in [1.82, 2.24) is 0 Å². The van der Waals surface area contributed by atoms with Crippen molar-refractivity contribution >= 4 is 45.2 Å². The summed E-state index contributed by atoms with van der Waals surface area (Å²) in [6.07, 6.45) is 0.871. The summed E-state index contributed by atoms with van der Waals surface area (Å²) in [6.45, 7) is 0. The normalized spacial score (nSPS) is 10.3. The number of nitrogens with zero attached hydrogens (tertiary/aromatic N) is 2. The van der Waals surface area contributed by atoms with E-state index in [1.165, 1.54) is 11.1 Å². The first-order valence-corrected chi connectivity index (χ1v) is 11.8. The predicted molar refractivity (Wildman–Crippen MR) is 141 cm³/mol. The molecular formula is C27H16I2N2. The topological polar surface area (TPSA) is 47.6 Å². The van der Waals surface area contributed by atoms with Crippen molar-refractivity contribution in [1.29, 1.82) is 10.5 Å². The third-order valence-electron chi connectivity index (χ3n) is 5.16. The Hall–Kier alpha value is -2.68. The van der Waals surface area contributed by atoms with Gasteiger partial charge in [0.1, 0.15) is 12.1 Å². The van der Waals surface area contributed by atoms with Gasteiger partial charge in [0, 0.05) is 7.14 Å². The van der Waals surface area contributed by atoms with Gasteiger partial charge in [-0.05, 0) is 109 Å². The Kier molecular flexibility index (Phi) is 6.70. The number of hydrogen-bond donors (Lipinski definition) is 0. The molecule has 31 heavy (non-hydrogen) atoms. The maximum absolute atomic E-state index is 9.10. The minimum Gasteiger partial charge on any atom is -0.192 e. The molecule has 4 aromatic carbocycles. The Balaban J connectivity index is 1.48. The van der Waals surface area contributed by atoms with Crippen molar-refractivity contribution in [3.63, 3.8) is 0 Å². The fourth-order valence-corrected chi connectivity index (χ4v) is 4.71. The molecule has 0 aliphatic heterocycles. The van der Waals surface area contributed by atoms with Crippen LogP contribution in [-0.2, 0) is 6.42 Å². The standard InChI is InChI=1S/C27H16I2N2/c28-26-14-22(9-11-24(26)16-30)20-5-1-18(2-6-20)13-19-3-7-21(8-4-19)23-10-12-25(17-31)27(29)15-23/h1-12,14-15H,13H2. The summed E-state index contributed by atoms with van der Waals surface area (Å²) in [5.74, 6) is 0. The van der Waals surface area contributed by atoms with Crippen LogP contribution in [0.15, 0.2) is 84.9 Å². The van der Waals surface area contributed by atoms with Crippen LogP contribution in [-0.4, -0.2) is 0 Å². The Morgan fingerprint density at radius 1 is 0.516 bits per heavy atom. The fourth-order valence-electron chi connectivity index (χ4n) is 3.44. The van der Waals surface area contributed by atoms with Crippen molar-refractivity contribution in [3.05, 3.63) is 114 Å². The molecule has 0 aliphatic carbocycles. The average Bonchev–Trinajstić information content (AvgIpc) is 2.80. The Labute approximate surface area is 209 Å². The number of nitriles is 2. The SMILES string of the molecule is N#Cc1ccc(-c2ccc(Cc3ccc(-c4ccc(C#N)c(I)c4)cc3)cc2)cc1I. The Morgan fingerprint density at radius 3 is 1.19 bits per heavy atom. The van der Waals surface area contributed by atoms with Crippen LogP contribution in [0.3, 0.4) is 0 Å². The van der Waals surface area contributed by atoms with Crippen LogP contribution in [0.25, 0.3) is 22.3 Å². The van der Waals surface area contributed by atoms with Gasteiger partial charge < -0.3 is 0 Å². The molecule has 0 heterocycles. The van der Waals surface area contributed by atoms with Gasteiger partial charge in [0.2, 0.25) is 0 Å². The van der Waals surface area contributed by atoms with Crippen LogP contribution in [0.5, 0.6) is 0 Å². The smallest absolute Gasteiger partial charge is 0.100 e. The molecule has 4 aromatic rings. The van der Waals surface area contributed by atoms with E-state index in [2.05, 4.69) is 118 Å². The highest BCUT2D eigenvalue weighted by Crippen LogP contribution is 2.26. The van der Waals surface area contributed by atoms with Gasteiger partial charge in [-0.3, -0.25) is 0 Å². The molecule has 0 aliphatic rings. The van der Waals surface area contributed by atoms with E-state index in [1.807, 2.05) is 24.3 Å². The van der Waals surface area contributed by atoms with Crippen molar-refractivity contribution in [3.8, 4) is 34.4 Å². The molecule has 148 valence electrons. The predicted octanol–water partition coefficient (Wildman–Crippen LogP) is 7.56. The van der Waals surface area contributed by atoms with Gasteiger partial charge in [0.25, 0.3) is 0 Å². The second-order valence-corrected chi connectivity index (χ2v) is 9.51. The molecule has 0 saturated carbocycles. The highest BCUT2D eigenvalue weighted by atomic mass is 127. The largest absolute Gasteiger partial charge is 0.192 e. The van der Waals surface area contributed by atoms with Crippen molar-refractivity contribution in [2.24, 2.45) is 0 Å². The van der Waals surface area contributed by atoms with E-state index < -0.39 is 0 Å². The zero-order chi connectivity index (χ0) is 21.8. The summed E-state index contributed by atoms with van der Waals surface area (Å²) in [5.41, 5.74) is 8.47. The van der Waals surface area contributed by atoms with Gasteiger partial charge in [0.15, 0.2) is 0 Å². The first-order chi connectivity index (χ1) is 15.1. The minimum atomic E-state index is 0.708. The van der Waals surface area contributed by atoms with Crippen molar-refractivity contribution < 1.29 is 0 Å². The molecule has 0 saturated heterocycles. The third kappa shape index (κ3) is 4.98. The van der Waals surface area contributed by atoms with Gasteiger partial charge in [-0.25, -0.2) is 0 Å². The molecule has 0 unspecified atom stereocenters. The second-order valence-electron chi connectivity index (χ2n) is 7.18. The molecule has 4 heteroatoms. The van der Waals surface area contributed by atoms with Gasteiger partial charge >= 0.3 is 0 Å². The fraction of sp³-hybridized carbons (Fsp3) is 0.0370. The summed E-state index contributed by atoms with van der Waals surface area (Å²) in [4.78, 5) is 0. The van der Waals surface area contributed by atoms with E-state index >= 15 is 0 Å². The van der Waals surface area contributed by atoms with Gasteiger partial charge in [-0.15, -0.1) is 0 Å². The summed E-state index contributed by atoms with van der Waals surface area (Å²) in [5, 5.41) is 18.2. The van der Waals surface area contributed by atoms with Gasteiger partial charge in [-0.1, -0.05) is 60.7 Å². The summed E-state index contributed by atoms with van der Waals surface area (Å²) in [6, 6.07) is 33.5. The Morgan fingerprint density at radius 2 is 0.871 bits per heavy atom. The van der Waals surface area contributed by atoms with Crippen LogP contribution in [0, 0.1) is 29.8 Å². The van der Waals surface area contributed by atoms with E-state index in [0.29, 0.717) is 11.1 Å². The molecular weight excluding hydrogens is 606 g/mol. The number of hydrogen-bond acceptors (Lipinski definition) is 2. The quantitative estimate of drug-likeness (QED) is 0.221. The zero-order valence-corrected chi connectivity index (χ0v) is 20.8. The van der Waals surface area contributed by atoms with Crippen molar-refractivity contribution in [2.75, 3.05) is 0 Å². The Bertz CT molecular complexity index is 1220. The van der Waals surface area contributed by atoms with Crippen LogP contribution in [0.1, 0.15) is 22.3 Å². The summed E-state index contributed by atoms with van der Waals surface area (Å²) < 4.78 is 1.94. The summed E-state index contributed by atoms with van der Waals surface area (Å²) in [7, 11) is 0. The summed E-state index contributed by atoms with van der Waals surface area (Å²) >= 11 is 4.42. The molecule has 0 aromatic heterocycles.